The molecule has 4 rings (SSSR count). The van der Waals surface area contributed by atoms with E-state index in [0.717, 1.165) is 37.5 Å². The fraction of sp³-hybridized carbons (Fsp3) is 0.533. The van der Waals surface area contributed by atoms with Gasteiger partial charge in [-0.15, -0.1) is 10.2 Å². The number of fused-ring (bicyclic) bond motifs is 1. The van der Waals surface area contributed by atoms with E-state index in [1.807, 2.05) is 21.6 Å². The highest BCUT2D eigenvalue weighted by Gasteiger charge is 2.31. The maximum Gasteiger partial charge on any atom is 0.251 e. The number of anilines is 1. The van der Waals surface area contributed by atoms with Crippen molar-refractivity contribution in [2.24, 2.45) is 0 Å². The molecular formula is C15H18ClN5O2. The van der Waals surface area contributed by atoms with Crippen LogP contribution in [0.15, 0.2) is 18.3 Å². The van der Waals surface area contributed by atoms with Crippen LogP contribution >= 0.6 is 11.6 Å². The number of nitrogens with zero attached hydrogens (tertiary/aromatic N) is 5. The summed E-state index contributed by atoms with van der Waals surface area (Å²) in [6.07, 6.45) is 3.39. The first-order valence-electron chi connectivity index (χ1n) is 7.88. The number of carbonyl (C=O) groups excluding carboxylic acids is 1. The molecule has 8 heteroatoms. The maximum atomic E-state index is 12.4. The zero-order chi connectivity index (χ0) is 15.8. The number of hydrogen-bond donors (Lipinski definition) is 0. The molecule has 23 heavy (non-hydrogen) atoms. The largest absolute Gasteiger partial charge is 0.368 e. The third-order valence-corrected chi connectivity index (χ3v) is 4.65. The van der Waals surface area contributed by atoms with E-state index in [1.165, 1.54) is 0 Å². The van der Waals surface area contributed by atoms with Crippen molar-refractivity contribution in [2.75, 3.05) is 37.7 Å². The predicted octanol–water partition coefficient (Wildman–Crippen LogP) is 1.21. The Balaban J connectivity index is 1.46. The van der Waals surface area contributed by atoms with Crippen molar-refractivity contribution in [3.05, 3.63) is 23.4 Å². The number of aromatic nitrogens is 3. The highest BCUT2D eigenvalue weighted by atomic mass is 35.5. The van der Waals surface area contributed by atoms with Crippen molar-refractivity contribution in [3.8, 4) is 0 Å². The van der Waals surface area contributed by atoms with Gasteiger partial charge < -0.3 is 14.5 Å². The van der Waals surface area contributed by atoms with Gasteiger partial charge in [-0.05, 0) is 25.0 Å². The van der Waals surface area contributed by atoms with Crippen LogP contribution < -0.4 is 4.90 Å². The number of carbonyl (C=O) groups is 1. The SMILES string of the molecule is O=C([C@H]1CCCO1)N1CCN(c2nnc3ccc(Cl)cn23)CC1. The quantitative estimate of drug-likeness (QED) is 0.825. The van der Waals surface area contributed by atoms with E-state index in [4.69, 9.17) is 16.3 Å². The standard InChI is InChI=1S/C15H18ClN5O2/c16-11-3-4-13-17-18-15(21(13)10-11)20-7-5-19(6-8-20)14(22)12-2-1-9-23-12/h3-4,10,12H,1-2,5-9H2/t12-/m1/s1. The molecule has 1 amide bonds. The normalized spacial score (nSPS) is 22.0. The molecule has 2 aliphatic rings. The van der Waals surface area contributed by atoms with Gasteiger partial charge in [-0.3, -0.25) is 9.20 Å². The number of ether oxygens (including phenoxy) is 1. The van der Waals surface area contributed by atoms with Crippen molar-refractivity contribution >= 4 is 29.1 Å². The lowest BCUT2D eigenvalue weighted by Crippen LogP contribution is -2.51. The summed E-state index contributed by atoms with van der Waals surface area (Å²) in [6.45, 7) is 3.50. The molecule has 122 valence electrons. The van der Waals surface area contributed by atoms with Crippen LogP contribution in [0.1, 0.15) is 12.8 Å². The van der Waals surface area contributed by atoms with Crippen molar-refractivity contribution in [1.29, 1.82) is 0 Å². The van der Waals surface area contributed by atoms with E-state index in [-0.39, 0.29) is 12.0 Å². The third kappa shape index (κ3) is 2.74. The number of piperazine rings is 1. The summed E-state index contributed by atoms with van der Waals surface area (Å²) in [5.74, 6) is 0.892. The van der Waals surface area contributed by atoms with E-state index in [2.05, 4.69) is 15.1 Å². The molecule has 1 atom stereocenters. The van der Waals surface area contributed by atoms with Crippen molar-refractivity contribution in [3.63, 3.8) is 0 Å². The van der Waals surface area contributed by atoms with Gasteiger partial charge in [0.25, 0.3) is 5.91 Å². The first-order chi connectivity index (χ1) is 11.2. The Hall–Kier alpha value is -1.86. The predicted molar refractivity (Wildman–Crippen MR) is 85.8 cm³/mol. The summed E-state index contributed by atoms with van der Waals surface area (Å²) >= 11 is 6.06. The number of rotatable bonds is 2. The molecule has 0 bridgehead atoms. The molecule has 2 saturated heterocycles. The molecular weight excluding hydrogens is 318 g/mol. The van der Waals surface area contributed by atoms with Gasteiger partial charge in [-0.2, -0.15) is 0 Å². The Morgan fingerprint density at radius 1 is 1.22 bits per heavy atom. The Morgan fingerprint density at radius 3 is 2.78 bits per heavy atom. The molecule has 0 aliphatic carbocycles. The Bertz CT molecular complexity index is 720. The van der Waals surface area contributed by atoms with Gasteiger partial charge in [0.2, 0.25) is 5.95 Å². The van der Waals surface area contributed by atoms with Gasteiger partial charge in [0.1, 0.15) is 6.10 Å². The molecule has 0 unspecified atom stereocenters. The van der Waals surface area contributed by atoms with Crippen LogP contribution in [0.3, 0.4) is 0 Å². The monoisotopic (exact) mass is 335 g/mol. The second-order valence-corrected chi connectivity index (χ2v) is 6.33. The summed E-state index contributed by atoms with van der Waals surface area (Å²) in [5, 5.41) is 9.07. The fourth-order valence-electron chi connectivity index (χ4n) is 3.17. The number of hydrogen-bond acceptors (Lipinski definition) is 5. The van der Waals surface area contributed by atoms with Gasteiger partial charge >= 0.3 is 0 Å². The number of pyridine rings is 1. The van der Waals surface area contributed by atoms with Crippen molar-refractivity contribution in [2.45, 2.75) is 18.9 Å². The van der Waals surface area contributed by atoms with Gasteiger partial charge in [0.05, 0.1) is 5.02 Å². The molecule has 0 saturated carbocycles. The molecule has 2 aliphatic heterocycles. The van der Waals surface area contributed by atoms with Crippen LogP contribution in [0.5, 0.6) is 0 Å². The first-order valence-corrected chi connectivity index (χ1v) is 8.26. The molecule has 0 radical (unpaired) electrons. The second-order valence-electron chi connectivity index (χ2n) is 5.89. The zero-order valence-corrected chi connectivity index (χ0v) is 13.4. The van der Waals surface area contributed by atoms with E-state index in [1.54, 1.807) is 6.07 Å². The summed E-state index contributed by atoms with van der Waals surface area (Å²) in [5.41, 5.74) is 0.766. The van der Waals surface area contributed by atoms with E-state index in [0.29, 0.717) is 24.7 Å². The lowest BCUT2D eigenvalue weighted by molar-refractivity contribution is -0.141. The molecule has 2 aromatic heterocycles. The maximum absolute atomic E-state index is 12.4. The zero-order valence-electron chi connectivity index (χ0n) is 12.7. The van der Waals surface area contributed by atoms with E-state index < -0.39 is 0 Å². The molecule has 0 aromatic carbocycles. The average molecular weight is 336 g/mol. The van der Waals surface area contributed by atoms with Crippen LogP contribution in [-0.4, -0.2) is 64.3 Å². The van der Waals surface area contributed by atoms with Gasteiger partial charge in [0, 0.05) is 39.0 Å². The van der Waals surface area contributed by atoms with Gasteiger partial charge in [0.15, 0.2) is 5.65 Å². The summed E-state index contributed by atoms with van der Waals surface area (Å²) < 4.78 is 7.38. The average Bonchev–Trinajstić information content (AvgIpc) is 3.24. The second kappa shape index (κ2) is 5.98. The Morgan fingerprint density at radius 2 is 2.04 bits per heavy atom. The van der Waals surface area contributed by atoms with E-state index in [9.17, 15) is 4.79 Å². The molecule has 2 fully saturated rings. The molecule has 0 spiro atoms. The number of amides is 1. The molecule has 0 N–H and O–H groups in total. The Labute approximate surface area is 138 Å². The lowest BCUT2D eigenvalue weighted by atomic mass is 10.2. The van der Waals surface area contributed by atoms with Crippen LogP contribution in [0, 0.1) is 0 Å². The van der Waals surface area contributed by atoms with Gasteiger partial charge in [-0.1, -0.05) is 11.6 Å². The number of halogens is 1. The third-order valence-electron chi connectivity index (χ3n) is 4.43. The molecule has 2 aromatic rings. The molecule has 7 nitrogen and oxygen atoms in total. The highest BCUT2D eigenvalue weighted by Crippen LogP contribution is 2.20. The van der Waals surface area contributed by atoms with Crippen LogP contribution in [-0.2, 0) is 9.53 Å². The lowest BCUT2D eigenvalue weighted by Gasteiger charge is -2.35. The Kier molecular flexibility index (Phi) is 3.82. The molecule has 4 heterocycles. The van der Waals surface area contributed by atoms with E-state index >= 15 is 0 Å². The highest BCUT2D eigenvalue weighted by molar-refractivity contribution is 6.30. The van der Waals surface area contributed by atoms with Crippen LogP contribution in [0.2, 0.25) is 5.02 Å². The summed E-state index contributed by atoms with van der Waals surface area (Å²) in [7, 11) is 0. The van der Waals surface area contributed by atoms with Crippen LogP contribution in [0.25, 0.3) is 5.65 Å². The van der Waals surface area contributed by atoms with Crippen molar-refractivity contribution in [1.82, 2.24) is 19.5 Å². The smallest absolute Gasteiger partial charge is 0.251 e. The van der Waals surface area contributed by atoms with Crippen molar-refractivity contribution < 1.29 is 9.53 Å². The fourth-order valence-corrected chi connectivity index (χ4v) is 3.33. The summed E-state index contributed by atoms with van der Waals surface area (Å²) in [6, 6.07) is 3.64. The van der Waals surface area contributed by atoms with Crippen LogP contribution in [0.4, 0.5) is 5.95 Å². The first kappa shape index (κ1) is 14.7. The topological polar surface area (TPSA) is 63.0 Å². The minimum absolute atomic E-state index is 0.122. The minimum atomic E-state index is -0.241. The minimum Gasteiger partial charge on any atom is -0.368 e. The van der Waals surface area contributed by atoms with Gasteiger partial charge in [-0.25, -0.2) is 0 Å². The summed E-state index contributed by atoms with van der Waals surface area (Å²) in [4.78, 5) is 16.4.